The highest BCUT2D eigenvalue weighted by Crippen LogP contribution is 2.53. The number of fused-ring (bicyclic) bond motifs is 1. The number of aryl methyl sites for hydroxylation is 1. The molecule has 1 aliphatic rings. The molecule has 1 atom stereocenters. The van der Waals surface area contributed by atoms with Crippen LogP contribution in [0, 0.1) is 5.92 Å². The Balaban J connectivity index is 1.57. The molecule has 5 nitrogen and oxygen atoms in total. The van der Waals surface area contributed by atoms with E-state index in [2.05, 4.69) is 9.97 Å². The van der Waals surface area contributed by atoms with Crippen LogP contribution in [0.4, 0.5) is 0 Å². The van der Waals surface area contributed by atoms with Gasteiger partial charge in [-0.2, -0.15) is 0 Å². The highest BCUT2D eigenvalue weighted by Gasteiger charge is 2.52. The van der Waals surface area contributed by atoms with Crippen LogP contribution in [-0.2, 0) is 16.0 Å². The smallest absolute Gasteiger partial charge is 0.306 e. The lowest BCUT2D eigenvalue weighted by atomic mass is 10.2. The average molecular weight is 341 g/mol. The molecule has 2 aromatic rings. The number of halogens is 2. The molecule has 3 rings (SSSR count). The van der Waals surface area contributed by atoms with Gasteiger partial charge >= 0.3 is 5.97 Å². The van der Waals surface area contributed by atoms with Crippen LogP contribution in [-0.4, -0.2) is 26.9 Å². The van der Waals surface area contributed by atoms with Gasteiger partial charge in [-0.05, 0) is 18.6 Å². The average Bonchev–Trinajstić information content (AvgIpc) is 3.10. The quantitative estimate of drug-likeness (QED) is 0.670. The second kappa shape index (κ2) is 5.89. The molecular weight excluding hydrogens is 327 g/mol. The van der Waals surface area contributed by atoms with Crippen LogP contribution in [0.5, 0.6) is 0 Å². The SMILES string of the molecule is O=C(CCc1nc2ccccc2c(=O)[nH]1)OC[C@H]1CC1(Cl)Cl. The number of carbonyl (C=O) groups excluding carboxylic acids is 1. The predicted molar refractivity (Wildman–Crippen MR) is 84.2 cm³/mol. The zero-order chi connectivity index (χ0) is 15.7. The van der Waals surface area contributed by atoms with Crippen molar-refractivity contribution in [2.75, 3.05) is 6.61 Å². The van der Waals surface area contributed by atoms with Crippen LogP contribution in [0.3, 0.4) is 0 Å². The van der Waals surface area contributed by atoms with E-state index >= 15 is 0 Å². The number of aromatic nitrogens is 2. The van der Waals surface area contributed by atoms with Gasteiger partial charge in [0.05, 0.1) is 23.9 Å². The van der Waals surface area contributed by atoms with Gasteiger partial charge in [0.25, 0.3) is 5.56 Å². The van der Waals surface area contributed by atoms with E-state index in [1.165, 1.54) is 0 Å². The minimum Gasteiger partial charge on any atom is -0.465 e. The number of H-pyrrole nitrogens is 1. The van der Waals surface area contributed by atoms with Gasteiger partial charge in [-0.25, -0.2) is 4.98 Å². The van der Waals surface area contributed by atoms with Gasteiger partial charge in [-0.3, -0.25) is 9.59 Å². The van der Waals surface area contributed by atoms with Crippen molar-refractivity contribution >= 4 is 40.1 Å². The zero-order valence-corrected chi connectivity index (χ0v) is 13.2. The third kappa shape index (κ3) is 3.42. The van der Waals surface area contributed by atoms with E-state index in [4.69, 9.17) is 27.9 Å². The van der Waals surface area contributed by atoms with Crippen molar-refractivity contribution in [3.63, 3.8) is 0 Å². The van der Waals surface area contributed by atoms with Gasteiger partial charge < -0.3 is 9.72 Å². The maximum atomic E-state index is 11.9. The summed E-state index contributed by atoms with van der Waals surface area (Å²) in [6.07, 6.45) is 1.10. The molecular formula is C15H14Cl2N2O3. The first-order valence-corrected chi connectivity index (χ1v) is 7.73. The molecule has 1 aromatic carbocycles. The highest BCUT2D eigenvalue weighted by molar-refractivity contribution is 6.50. The molecule has 1 fully saturated rings. The normalized spacial score (nSPS) is 19.1. The lowest BCUT2D eigenvalue weighted by Crippen LogP contribution is -2.14. The molecule has 1 aliphatic carbocycles. The van der Waals surface area contributed by atoms with E-state index in [9.17, 15) is 9.59 Å². The number of aromatic amines is 1. The molecule has 0 bridgehead atoms. The van der Waals surface area contributed by atoms with Crippen molar-refractivity contribution in [2.24, 2.45) is 5.92 Å². The van der Waals surface area contributed by atoms with Gasteiger partial charge in [0, 0.05) is 12.3 Å². The molecule has 1 N–H and O–H groups in total. The lowest BCUT2D eigenvalue weighted by Gasteiger charge is -2.05. The largest absolute Gasteiger partial charge is 0.465 e. The Morgan fingerprint density at radius 2 is 2.14 bits per heavy atom. The Bertz CT molecular complexity index is 773. The maximum Gasteiger partial charge on any atom is 0.306 e. The monoisotopic (exact) mass is 340 g/mol. The Morgan fingerprint density at radius 3 is 2.86 bits per heavy atom. The molecule has 0 saturated heterocycles. The molecule has 0 radical (unpaired) electrons. The first kappa shape index (κ1) is 15.3. The molecule has 0 spiro atoms. The summed E-state index contributed by atoms with van der Waals surface area (Å²) in [6.45, 7) is 0.230. The molecule has 1 heterocycles. The number of nitrogens with one attached hydrogen (secondary N) is 1. The van der Waals surface area contributed by atoms with Crippen LogP contribution >= 0.6 is 23.2 Å². The molecule has 116 valence electrons. The number of hydrogen-bond acceptors (Lipinski definition) is 4. The van der Waals surface area contributed by atoms with E-state index in [0.717, 1.165) is 0 Å². The summed E-state index contributed by atoms with van der Waals surface area (Å²) >= 11 is 11.7. The van der Waals surface area contributed by atoms with Gasteiger partial charge in [-0.15, -0.1) is 23.2 Å². The number of benzene rings is 1. The summed E-state index contributed by atoms with van der Waals surface area (Å²) < 4.78 is 4.37. The molecule has 1 saturated carbocycles. The first-order chi connectivity index (χ1) is 10.5. The van der Waals surface area contributed by atoms with E-state index < -0.39 is 4.33 Å². The van der Waals surface area contributed by atoms with Crippen molar-refractivity contribution in [3.05, 3.63) is 40.4 Å². The van der Waals surface area contributed by atoms with Gasteiger partial charge in [0.1, 0.15) is 10.2 Å². The predicted octanol–water partition coefficient (Wildman–Crippen LogP) is 2.59. The van der Waals surface area contributed by atoms with Crippen molar-refractivity contribution in [1.29, 1.82) is 0 Å². The third-order valence-corrected chi connectivity index (χ3v) is 4.55. The van der Waals surface area contributed by atoms with E-state index in [0.29, 0.717) is 29.6 Å². The van der Waals surface area contributed by atoms with Crippen molar-refractivity contribution in [1.82, 2.24) is 9.97 Å². The number of hydrogen-bond donors (Lipinski definition) is 1. The van der Waals surface area contributed by atoms with Crippen LogP contribution in [0.2, 0.25) is 0 Å². The summed E-state index contributed by atoms with van der Waals surface area (Å²) in [5, 5.41) is 0.531. The summed E-state index contributed by atoms with van der Waals surface area (Å²) in [6, 6.07) is 7.06. The number of para-hydroxylation sites is 1. The number of esters is 1. The summed E-state index contributed by atoms with van der Waals surface area (Å²) in [7, 11) is 0. The number of carbonyl (C=O) groups is 1. The fourth-order valence-corrected chi connectivity index (χ4v) is 2.69. The lowest BCUT2D eigenvalue weighted by molar-refractivity contribution is -0.144. The standard InChI is InChI=1S/C15H14Cl2N2O3/c16-15(17)7-9(15)8-22-13(20)6-5-12-18-11-4-2-1-3-10(11)14(21)19-12/h1-4,9H,5-8H2,(H,18,19,21)/t9-/m1/s1. The van der Waals surface area contributed by atoms with E-state index in [1.54, 1.807) is 18.2 Å². The van der Waals surface area contributed by atoms with Crippen molar-refractivity contribution in [3.8, 4) is 0 Å². The Labute approximate surface area is 136 Å². The van der Waals surface area contributed by atoms with Crippen LogP contribution in [0.1, 0.15) is 18.7 Å². The molecule has 1 aromatic heterocycles. The molecule has 22 heavy (non-hydrogen) atoms. The van der Waals surface area contributed by atoms with Gasteiger partial charge in [0.15, 0.2) is 0 Å². The molecule has 7 heteroatoms. The first-order valence-electron chi connectivity index (χ1n) is 6.97. The minimum atomic E-state index is -0.745. The van der Waals surface area contributed by atoms with E-state index in [1.807, 2.05) is 6.07 Å². The Morgan fingerprint density at radius 1 is 1.41 bits per heavy atom. The van der Waals surface area contributed by atoms with Crippen LogP contribution < -0.4 is 5.56 Å². The number of nitrogens with zero attached hydrogens (tertiary/aromatic N) is 1. The Kier molecular flexibility index (Phi) is 4.10. The van der Waals surface area contributed by atoms with Gasteiger partial charge in [0.2, 0.25) is 0 Å². The number of rotatable bonds is 5. The summed E-state index contributed by atoms with van der Waals surface area (Å²) in [4.78, 5) is 30.6. The molecule has 0 unspecified atom stereocenters. The highest BCUT2D eigenvalue weighted by atomic mass is 35.5. The molecule has 0 aliphatic heterocycles. The minimum absolute atomic E-state index is 0.0124. The molecule has 0 amide bonds. The maximum absolute atomic E-state index is 11.9. The fraction of sp³-hybridized carbons (Fsp3) is 0.400. The van der Waals surface area contributed by atoms with E-state index in [-0.39, 0.29) is 30.5 Å². The van der Waals surface area contributed by atoms with Crippen molar-refractivity contribution < 1.29 is 9.53 Å². The summed E-state index contributed by atoms with van der Waals surface area (Å²) in [5.41, 5.74) is 0.405. The number of alkyl halides is 2. The van der Waals surface area contributed by atoms with Gasteiger partial charge in [-0.1, -0.05) is 12.1 Å². The third-order valence-electron chi connectivity index (χ3n) is 3.63. The van der Waals surface area contributed by atoms with Crippen molar-refractivity contribution in [2.45, 2.75) is 23.6 Å². The fourth-order valence-electron chi connectivity index (χ4n) is 2.19. The topological polar surface area (TPSA) is 72.0 Å². The second-order valence-corrected chi connectivity index (χ2v) is 6.92. The van der Waals surface area contributed by atoms with Crippen LogP contribution in [0.25, 0.3) is 10.9 Å². The zero-order valence-electron chi connectivity index (χ0n) is 11.6. The van der Waals surface area contributed by atoms with Crippen LogP contribution in [0.15, 0.2) is 29.1 Å². The second-order valence-electron chi connectivity index (χ2n) is 5.37. The Hall–Kier alpha value is -1.59. The number of ether oxygens (including phenoxy) is 1. The summed E-state index contributed by atoms with van der Waals surface area (Å²) in [5.74, 6) is 0.126.